The molecular formula is C50H31N2+. The number of fused-ring (bicyclic) bond motifs is 2. The van der Waals surface area contributed by atoms with Gasteiger partial charge >= 0.3 is 0 Å². The van der Waals surface area contributed by atoms with Gasteiger partial charge in [0.1, 0.15) is 0 Å². The zero-order chi connectivity index (χ0) is 36.7. The number of terminal acetylenes is 1. The van der Waals surface area contributed by atoms with E-state index in [0.29, 0.717) is 0 Å². The predicted octanol–water partition coefficient (Wildman–Crippen LogP) is 7.02. The van der Waals surface area contributed by atoms with E-state index >= 15 is 0 Å². The highest BCUT2D eigenvalue weighted by molar-refractivity contribution is 6.03. The van der Waals surface area contributed by atoms with E-state index < -0.39 is 0 Å². The third kappa shape index (κ3) is 10.8. The molecular weight excluding hydrogens is 629 g/mol. The predicted molar refractivity (Wildman–Crippen MR) is 215 cm³/mol. The summed E-state index contributed by atoms with van der Waals surface area (Å²) in [6, 6.07) is 20.1. The van der Waals surface area contributed by atoms with Crippen LogP contribution in [0.4, 0.5) is 11.4 Å². The smallest absolute Gasteiger partial charge is 0.243 e. The Morgan fingerprint density at radius 3 is 1.85 bits per heavy atom. The molecule has 2 heteroatoms. The van der Waals surface area contributed by atoms with Crippen LogP contribution in [0.3, 0.4) is 0 Å². The summed E-state index contributed by atoms with van der Waals surface area (Å²) in [7, 11) is 0. The van der Waals surface area contributed by atoms with Crippen molar-refractivity contribution in [1.29, 1.82) is 0 Å². The fraction of sp³-hybridized carbons (Fsp3) is 0.140. The Morgan fingerprint density at radius 2 is 1.23 bits per heavy atom. The molecule has 0 aliphatic carbocycles. The Balaban J connectivity index is 1.43. The number of hydrogen-bond acceptors (Lipinski definition) is 1. The van der Waals surface area contributed by atoms with Gasteiger partial charge in [0.05, 0.1) is 11.3 Å². The van der Waals surface area contributed by atoms with Gasteiger partial charge in [-0.1, -0.05) is 74.0 Å². The first kappa shape index (κ1) is 36.9. The highest BCUT2D eigenvalue weighted by atomic mass is 15.1. The molecule has 2 aliphatic rings. The van der Waals surface area contributed by atoms with Gasteiger partial charge < -0.3 is 4.90 Å². The molecule has 0 atom stereocenters. The van der Waals surface area contributed by atoms with Gasteiger partial charge in [0.15, 0.2) is 0 Å². The van der Waals surface area contributed by atoms with Gasteiger partial charge in [-0.05, 0) is 85.3 Å². The van der Waals surface area contributed by atoms with Crippen LogP contribution in [-0.4, -0.2) is 16.8 Å². The average Bonchev–Trinajstić information content (AvgIpc) is 3.38. The van der Waals surface area contributed by atoms with Gasteiger partial charge in [0.25, 0.3) is 0 Å². The number of hydrogen-bond donors (Lipinski definition) is 0. The van der Waals surface area contributed by atoms with Crippen molar-refractivity contribution in [2.24, 2.45) is 0 Å². The first-order chi connectivity index (χ1) is 25.6. The molecule has 0 spiro atoms. The van der Waals surface area contributed by atoms with Crippen molar-refractivity contribution in [3.05, 3.63) is 102 Å². The van der Waals surface area contributed by atoms with Crippen molar-refractivity contribution in [1.82, 2.24) is 0 Å². The summed E-state index contributed by atoms with van der Waals surface area (Å²) >= 11 is 0. The summed E-state index contributed by atoms with van der Waals surface area (Å²) in [5, 5.41) is 0. The Morgan fingerprint density at radius 1 is 0.673 bits per heavy atom. The molecule has 2 heterocycles. The van der Waals surface area contributed by atoms with E-state index in [1.54, 1.807) is 0 Å². The molecule has 0 unspecified atom stereocenters. The van der Waals surface area contributed by atoms with E-state index in [1.807, 2.05) is 10.6 Å². The van der Waals surface area contributed by atoms with Crippen LogP contribution in [0, 0.1) is 131 Å². The first-order valence-corrected chi connectivity index (χ1v) is 16.4. The lowest BCUT2D eigenvalue weighted by molar-refractivity contribution is -0.332. The molecule has 2 aliphatic heterocycles. The fourth-order valence-electron chi connectivity index (χ4n) is 5.15. The van der Waals surface area contributed by atoms with Crippen molar-refractivity contribution in [3.63, 3.8) is 0 Å². The van der Waals surface area contributed by atoms with E-state index in [4.69, 9.17) is 6.42 Å². The number of unbranched alkanes of at least 4 members (excludes halogenated alkanes) is 1. The molecule has 4 rings (SSSR count). The van der Waals surface area contributed by atoms with Gasteiger partial charge in [0, 0.05) is 107 Å². The van der Waals surface area contributed by atoms with Crippen molar-refractivity contribution >= 4 is 22.7 Å². The summed E-state index contributed by atoms with van der Waals surface area (Å²) in [6.45, 7) is 7.65. The molecule has 0 saturated carbocycles. The minimum Gasteiger partial charge on any atom is -0.347 e. The minimum atomic E-state index is -0.246. The van der Waals surface area contributed by atoms with E-state index in [-0.39, 0.29) is 5.41 Å². The zero-order valence-electron chi connectivity index (χ0n) is 29.3. The van der Waals surface area contributed by atoms with Crippen LogP contribution in [0.5, 0.6) is 0 Å². The molecule has 52 heavy (non-hydrogen) atoms. The lowest BCUT2D eigenvalue weighted by atomic mass is 9.81. The van der Waals surface area contributed by atoms with Crippen LogP contribution in [0.25, 0.3) is 5.57 Å². The molecule has 2 aromatic carbocycles. The van der Waals surface area contributed by atoms with Crippen molar-refractivity contribution in [2.45, 2.75) is 39.0 Å². The van der Waals surface area contributed by atoms with E-state index in [1.165, 1.54) is 28.8 Å². The topological polar surface area (TPSA) is 6.25 Å². The molecule has 0 fully saturated rings. The molecule has 0 bridgehead atoms. The zero-order valence-corrected chi connectivity index (χ0v) is 29.3. The maximum atomic E-state index is 4.98. The molecule has 0 N–H and O–H groups in total. The van der Waals surface area contributed by atoms with Crippen molar-refractivity contribution < 1.29 is 4.58 Å². The number of allylic oxidation sites excluding steroid dienone is 7. The lowest BCUT2D eigenvalue weighted by Crippen LogP contribution is -2.26. The standard InChI is InChI=1S/C50H31N2/c1-5-7-9-10-11-12-13-14-15-16-17-18-19-20-21-22-23-24-25-33-42-52-48-38-32-30-36-46(48)50(3,4)49(52)39-28-26-27-34-44-40-43-51(41-8-6-2)47-37-31-29-35-45(44)47/h1,26-32,34-40,43H,6,8,41H2,2-4H3/q+1. The molecule has 0 amide bonds. The highest BCUT2D eigenvalue weighted by Gasteiger charge is 2.44. The molecule has 2 nitrogen and oxygen atoms in total. The molecule has 0 radical (unpaired) electrons. The second-order valence-corrected chi connectivity index (χ2v) is 11.2. The summed E-state index contributed by atoms with van der Waals surface area (Å²) in [6.07, 6.45) is 22.2. The van der Waals surface area contributed by atoms with E-state index in [0.717, 1.165) is 24.4 Å². The first-order valence-electron chi connectivity index (χ1n) is 16.4. The van der Waals surface area contributed by atoms with E-state index in [9.17, 15) is 0 Å². The Labute approximate surface area is 309 Å². The van der Waals surface area contributed by atoms with Crippen LogP contribution in [0.2, 0.25) is 0 Å². The van der Waals surface area contributed by atoms with Crippen molar-refractivity contribution in [3.8, 4) is 131 Å². The minimum absolute atomic E-state index is 0.246. The summed E-state index contributed by atoms with van der Waals surface area (Å²) < 4.78 is 2.00. The SMILES string of the molecule is C#CC#CC#CC#CC#CC#CC#CC#CC#CC#CC#C[N+]1=C(/C=C/C=C/C=C2\C=CN(CCCC)c3ccccc32)C(C)(C)c2ccccc21. The number of rotatable bonds is 6. The Kier molecular flexibility index (Phi) is 14.5. The lowest BCUT2D eigenvalue weighted by Gasteiger charge is -2.27. The summed E-state index contributed by atoms with van der Waals surface area (Å²) in [4.78, 5) is 2.34. The molecule has 240 valence electrons. The van der Waals surface area contributed by atoms with Gasteiger partial charge in [0.2, 0.25) is 17.4 Å². The Bertz CT molecular complexity index is 2590. The van der Waals surface area contributed by atoms with Gasteiger partial charge in [-0.15, -0.1) is 11.0 Å². The van der Waals surface area contributed by atoms with Gasteiger partial charge in [-0.3, -0.25) is 0 Å². The Hall–Kier alpha value is -7.97. The quantitative estimate of drug-likeness (QED) is 0.184. The summed E-state index contributed by atoms with van der Waals surface area (Å²) in [5.41, 5.74) is 6.74. The molecule has 0 saturated heterocycles. The third-order valence-electron chi connectivity index (χ3n) is 7.53. The maximum absolute atomic E-state index is 4.98. The van der Waals surface area contributed by atoms with Crippen LogP contribution in [0.1, 0.15) is 44.7 Å². The van der Waals surface area contributed by atoms with Gasteiger partial charge in [-0.2, -0.15) is 0 Å². The second kappa shape index (κ2) is 20.4. The third-order valence-corrected chi connectivity index (χ3v) is 7.53. The average molecular weight is 660 g/mol. The number of nitrogens with zero attached hydrogens (tertiary/aromatic N) is 2. The second-order valence-electron chi connectivity index (χ2n) is 11.2. The number of benzene rings is 2. The van der Waals surface area contributed by atoms with Crippen LogP contribution < -0.4 is 4.90 Å². The van der Waals surface area contributed by atoms with Crippen LogP contribution >= 0.6 is 0 Å². The van der Waals surface area contributed by atoms with Crippen molar-refractivity contribution in [2.75, 3.05) is 11.4 Å². The van der Waals surface area contributed by atoms with E-state index in [2.05, 4.69) is 235 Å². The van der Waals surface area contributed by atoms with Gasteiger partial charge in [-0.25, -0.2) is 0 Å². The summed E-state index contributed by atoms with van der Waals surface area (Å²) in [5.74, 6) is 51.3. The highest BCUT2D eigenvalue weighted by Crippen LogP contribution is 2.39. The maximum Gasteiger partial charge on any atom is 0.243 e. The van der Waals surface area contributed by atoms with Crippen LogP contribution in [-0.2, 0) is 5.41 Å². The number of para-hydroxylation sites is 2. The normalized spacial score (nSPS) is 12.6. The largest absolute Gasteiger partial charge is 0.347 e. The number of anilines is 1. The monoisotopic (exact) mass is 659 g/mol. The molecule has 2 aromatic rings. The molecule has 0 aromatic heterocycles. The van der Waals surface area contributed by atoms with Crippen LogP contribution in [0.15, 0.2) is 91.2 Å². The fourth-order valence-corrected chi connectivity index (χ4v) is 5.15.